The van der Waals surface area contributed by atoms with Crippen molar-refractivity contribution in [3.05, 3.63) is 51.9 Å². The number of halogens is 1. The van der Waals surface area contributed by atoms with Gasteiger partial charge in [0, 0.05) is 56.4 Å². The zero-order chi connectivity index (χ0) is 27.9. The van der Waals surface area contributed by atoms with Crippen LogP contribution in [0.1, 0.15) is 12.8 Å². The number of piperidine rings is 1. The molecule has 14 heteroatoms. The minimum atomic E-state index is -4.08. The molecule has 1 aromatic carbocycles. The molecule has 2 aliphatic rings. The van der Waals surface area contributed by atoms with Crippen LogP contribution in [0, 0.1) is 5.92 Å². The van der Waals surface area contributed by atoms with Crippen LogP contribution in [0.15, 0.2) is 46.2 Å². The molecule has 0 saturated carbocycles. The highest BCUT2D eigenvalue weighted by atomic mass is 35.5. The summed E-state index contributed by atoms with van der Waals surface area (Å²) < 4.78 is 34.2. The second kappa shape index (κ2) is 10.6. The van der Waals surface area contributed by atoms with E-state index in [2.05, 4.69) is 15.0 Å². The maximum Gasteiger partial charge on any atom is 0.329 e. The quantitative estimate of drug-likeness (QED) is 0.432. The zero-order valence-electron chi connectivity index (χ0n) is 21.5. The minimum absolute atomic E-state index is 0.00206. The summed E-state index contributed by atoms with van der Waals surface area (Å²) in [6, 6.07) is 6.63. The molecule has 2 saturated heterocycles. The second-order valence-corrected chi connectivity index (χ2v) is 12.2. The lowest BCUT2D eigenvalue weighted by Crippen LogP contribution is -2.61. The third kappa shape index (κ3) is 5.25. The topological polar surface area (TPSA) is 138 Å². The number of nitrogens with one attached hydrogen (secondary N) is 1. The molecule has 1 unspecified atom stereocenters. The number of H-pyrrole nitrogens is 1. The van der Waals surface area contributed by atoms with Gasteiger partial charge in [0.15, 0.2) is 0 Å². The standard InChI is InChI=1S/C25H29ClN6O6S/c1-29-23(33)6-5-22(28-29)30-9-7-16(8-10-30)13-32-21(25(35)38-2)14-31(15-24(32)34)39(36,37)17-3-4-18-19(26)12-27-20(18)11-17/h3-6,11-12,16,21,27H,7-10,13-15H2,1-2H3. The number of amides is 1. The number of benzene rings is 1. The molecule has 1 atom stereocenters. The smallest absolute Gasteiger partial charge is 0.329 e. The number of sulfonamides is 1. The molecule has 2 aromatic heterocycles. The molecule has 1 N–H and O–H groups in total. The van der Waals surface area contributed by atoms with E-state index in [0.717, 1.165) is 17.1 Å². The first-order valence-electron chi connectivity index (χ1n) is 12.5. The van der Waals surface area contributed by atoms with Crippen LogP contribution in [-0.4, -0.2) is 90.1 Å². The van der Waals surface area contributed by atoms with Gasteiger partial charge in [0.1, 0.15) is 11.9 Å². The fraction of sp³-hybridized carbons (Fsp3) is 0.440. The molecule has 3 aromatic rings. The van der Waals surface area contributed by atoms with Crippen LogP contribution < -0.4 is 10.5 Å². The molecule has 1 amide bonds. The van der Waals surface area contributed by atoms with E-state index in [4.69, 9.17) is 16.3 Å². The molecule has 208 valence electrons. The average molecular weight is 577 g/mol. The lowest BCUT2D eigenvalue weighted by molar-refractivity contribution is -0.157. The fourth-order valence-corrected chi connectivity index (χ4v) is 6.82. The molecular formula is C25H29ClN6O6S. The summed E-state index contributed by atoms with van der Waals surface area (Å²) in [4.78, 5) is 44.1. The van der Waals surface area contributed by atoms with E-state index in [1.54, 1.807) is 25.4 Å². The Morgan fingerprint density at radius 2 is 1.92 bits per heavy atom. The highest BCUT2D eigenvalue weighted by Gasteiger charge is 2.43. The predicted molar refractivity (Wildman–Crippen MR) is 144 cm³/mol. The summed E-state index contributed by atoms with van der Waals surface area (Å²) in [6.07, 6.45) is 3.05. The molecule has 2 fully saturated rings. The van der Waals surface area contributed by atoms with Gasteiger partial charge in [0.05, 0.1) is 23.6 Å². The number of rotatable bonds is 6. The summed E-state index contributed by atoms with van der Waals surface area (Å²) in [5.41, 5.74) is 0.367. The Hall–Kier alpha value is -3.42. The lowest BCUT2D eigenvalue weighted by Gasteiger charge is -2.42. The number of anilines is 1. The van der Waals surface area contributed by atoms with Crippen LogP contribution in [0.4, 0.5) is 5.82 Å². The Kier molecular flexibility index (Phi) is 7.40. The summed E-state index contributed by atoms with van der Waals surface area (Å²) >= 11 is 6.11. The van der Waals surface area contributed by atoms with E-state index in [9.17, 15) is 22.8 Å². The Bertz CT molecular complexity index is 1580. The number of carbonyl (C=O) groups is 2. The van der Waals surface area contributed by atoms with E-state index < -0.39 is 27.9 Å². The minimum Gasteiger partial charge on any atom is -0.467 e. The number of methoxy groups -OCH3 is 1. The molecule has 12 nitrogen and oxygen atoms in total. The number of aromatic amines is 1. The van der Waals surface area contributed by atoms with Crippen molar-refractivity contribution in [2.24, 2.45) is 13.0 Å². The molecule has 0 bridgehead atoms. The number of aryl methyl sites for hydroxylation is 1. The Morgan fingerprint density at radius 1 is 1.18 bits per heavy atom. The number of aromatic nitrogens is 3. The maximum atomic E-state index is 13.5. The SMILES string of the molecule is COC(=O)C1CN(S(=O)(=O)c2ccc3c(Cl)c[nH]c3c2)CC(=O)N1CC1CCN(c2ccc(=O)n(C)n2)CC1. The predicted octanol–water partition coefficient (Wildman–Crippen LogP) is 1.21. The average Bonchev–Trinajstić information content (AvgIpc) is 3.31. The van der Waals surface area contributed by atoms with Crippen molar-refractivity contribution in [1.82, 2.24) is 24.0 Å². The van der Waals surface area contributed by atoms with Crippen molar-refractivity contribution in [2.75, 3.05) is 44.7 Å². The molecule has 39 heavy (non-hydrogen) atoms. The van der Waals surface area contributed by atoms with Gasteiger partial charge in [-0.25, -0.2) is 17.9 Å². The van der Waals surface area contributed by atoms with E-state index in [1.165, 1.54) is 34.9 Å². The maximum absolute atomic E-state index is 13.5. The van der Waals surface area contributed by atoms with Crippen LogP contribution in [0.25, 0.3) is 10.9 Å². The highest BCUT2D eigenvalue weighted by molar-refractivity contribution is 7.89. The number of hydrogen-bond acceptors (Lipinski definition) is 8. The zero-order valence-corrected chi connectivity index (χ0v) is 23.1. The number of fused-ring (bicyclic) bond motifs is 1. The first-order valence-corrected chi connectivity index (χ1v) is 14.3. The van der Waals surface area contributed by atoms with Gasteiger partial charge in [-0.1, -0.05) is 11.6 Å². The Morgan fingerprint density at radius 3 is 2.62 bits per heavy atom. The van der Waals surface area contributed by atoms with Crippen molar-refractivity contribution in [3.63, 3.8) is 0 Å². The summed E-state index contributed by atoms with van der Waals surface area (Å²) in [7, 11) is -1.25. The van der Waals surface area contributed by atoms with Crippen molar-refractivity contribution in [2.45, 2.75) is 23.8 Å². The monoisotopic (exact) mass is 576 g/mol. The molecule has 4 heterocycles. The fourth-order valence-electron chi connectivity index (χ4n) is 5.18. The van der Waals surface area contributed by atoms with Crippen molar-refractivity contribution in [3.8, 4) is 0 Å². The van der Waals surface area contributed by atoms with Gasteiger partial charge in [-0.3, -0.25) is 9.59 Å². The number of piperazine rings is 1. The van der Waals surface area contributed by atoms with E-state index in [1.807, 2.05) is 0 Å². The Labute approximate surface area is 230 Å². The van der Waals surface area contributed by atoms with E-state index >= 15 is 0 Å². The molecular weight excluding hydrogens is 548 g/mol. The lowest BCUT2D eigenvalue weighted by atomic mass is 9.95. The van der Waals surface area contributed by atoms with Crippen LogP contribution in [-0.2, 0) is 31.4 Å². The van der Waals surface area contributed by atoms with Gasteiger partial charge in [0.25, 0.3) is 5.56 Å². The highest BCUT2D eigenvalue weighted by Crippen LogP contribution is 2.29. The van der Waals surface area contributed by atoms with Gasteiger partial charge in [-0.15, -0.1) is 0 Å². The third-order valence-corrected chi connectivity index (χ3v) is 9.56. The molecule has 0 radical (unpaired) electrons. The summed E-state index contributed by atoms with van der Waals surface area (Å²) in [5.74, 6) is -0.307. The number of esters is 1. The van der Waals surface area contributed by atoms with E-state index in [-0.39, 0.29) is 29.5 Å². The second-order valence-electron chi connectivity index (χ2n) is 9.81. The van der Waals surface area contributed by atoms with Gasteiger partial charge < -0.3 is 19.5 Å². The van der Waals surface area contributed by atoms with Crippen molar-refractivity contribution >= 4 is 50.2 Å². The van der Waals surface area contributed by atoms with Gasteiger partial charge in [-0.05, 0) is 43.0 Å². The summed E-state index contributed by atoms with van der Waals surface area (Å²) in [6.45, 7) is 1.08. The molecule has 2 aliphatic heterocycles. The van der Waals surface area contributed by atoms with Crippen LogP contribution >= 0.6 is 11.6 Å². The van der Waals surface area contributed by atoms with Gasteiger partial charge in [-0.2, -0.15) is 9.40 Å². The van der Waals surface area contributed by atoms with Crippen molar-refractivity contribution < 1.29 is 22.7 Å². The number of ether oxygens (including phenoxy) is 1. The molecule has 0 spiro atoms. The summed E-state index contributed by atoms with van der Waals surface area (Å²) in [5, 5.41) is 5.46. The number of carbonyl (C=O) groups excluding carboxylic acids is 2. The van der Waals surface area contributed by atoms with Gasteiger partial charge >= 0.3 is 5.97 Å². The number of hydrogen-bond donors (Lipinski definition) is 1. The molecule has 5 rings (SSSR count). The molecule has 0 aliphatic carbocycles. The van der Waals surface area contributed by atoms with Crippen LogP contribution in [0.3, 0.4) is 0 Å². The largest absolute Gasteiger partial charge is 0.467 e. The van der Waals surface area contributed by atoms with Crippen molar-refractivity contribution in [1.29, 1.82) is 0 Å². The van der Waals surface area contributed by atoms with Crippen LogP contribution in [0.2, 0.25) is 5.02 Å². The van der Waals surface area contributed by atoms with Gasteiger partial charge in [0.2, 0.25) is 15.9 Å². The number of nitrogens with zero attached hydrogens (tertiary/aromatic N) is 5. The first-order chi connectivity index (χ1) is 18.6. The Balaban J connectivity index is 1.29. The van der Waals surface area contributed by atoms with E-state index in [0.29, 0.717) is 41.4 Å². The normalized spacial score (nSPS) is 19.6. The first kappa shape index (κ1) is 27.2. The van der Waals surface area contributed by atoms with Crippen LogP contribution in [0.5, 0.6) is 0 Å². The third-order valence-electron chi connectivity index (χ3n) is 7.44.